The van der Waals surface area contributed by atoms with Crippen LogP contribution in [0.4, 0.5) is 0 Å². The Kier molecular flexibility index (Phi) is 15.2. The van der Waals surface area contributed by atoms with Crippen LogP contribution in [0.25, 0.3) is 10.4 Å². The molecule has 0 bridgehead atoms. The standard InChI is InChI=1S/C32H49N3O8Si/c1-32(2,3)44(4,5)42-24-27-28(36)29(40-22-25-12-8-6-9-13-25)30(41-23-26-14-10-7-11-15-26)31(43-27)39-21-20-38-19-18-37-17-16-34-35-33/h6-15,27-31,36H,16-24H2,1-5H3/t27-,28+,29+,30-,31?/m1/s1. The third-order valence-corrected chi connectivity index (χ3v) is 12.4. The molecule has 1 N–H and O–H groups in total. The number of aliphatic hydroxyl groups is 1. The molecule has 0 amide bonds. The summed E-state index contributed by atoms with van der Waals surface area (Å²) < 4.78 is 42.8. The molecule has 1 fully saturated rings. The Morgan fingerprint density at radius 3 is 1.93 bits per heavy atom. The van der Waals surface area contributed by atoms with Gasteiger partial charge in [0.05, 0.1) is 52.9 Å². The summed E-state index contributed by atoms with van der Waals surface area (Å²) in [5.41, 5.74) is 10.3. The molecule has 244 valence electrons. The zero-order valence-electron chi connectivity index (χ0n) is 26.7. The molecule has 1 aliphatic heterocycles. The Morgan fingerprint density at radius 2 is 1.36 bits per heavy atom. The first-order valence-corrected chi connectivity index (χ1v) is 18.1. The Morgan fingerprint density at radius 1 is 0.818 bits per heavy atom. The summed E-state index contributed by atoms with van der Waals surface area (Å²) in [5.74, 6) is 0. The van der Waals surface area contributed by atoms with Crippen molar-refractivity contribution >= 4 is 8.32 Å². The molecule has 0 aliphatic carbocycles. The first-order chi connectivity index (χ1) is 21.1. The molecule has 44 heavy (non-hydrogen) atoms. The molecule has 1 unspecified atom stereocenters. The summed E-state index contributed by atoms with van der Waals surface area (Å²) in [4.78, 5) is 2.70. The van der Waals surface area contributed by atoms with Crippen molar-refractivity contribution in [1.82, 2.24) is 0 Å². The molecule has 0 aromatic heterocycles. The minimum atomic E-state index is -2.12. The second-order valence-corrected chi connectivity index (χ2v) is 17.0. The zero-order chi connectivity index (χ0) is 31.8. The van der Waals surface area contributed by atoms with E-state index >= 15 is 0 Å². The van der Waals surface area contributed by atoms with Crippen LogP contribution in [0, 0.1) is 0 Å². The molecular weight excluding hydrogens is 582 g/mol. The first-order valence-electron chi connectivity index (χ1n) is 15.2. The van der Waals surface area contributed by atoms with Crippen molar-refractivity contribution < 1.29 is 38.0 Å². The SMILES string of the molecule is CC(C)(C)[Si](C)(C)OC[C@H]1OC(OCCOCCOCCN=[N+]=[N-])[C@H](OCc2ccccc2)[C@@H](OCc2ccccc2)[C@H]1O. The van der Waals surface area contributed by atoms with Crippen LogP contribution >= 0.6 is 0 Å². The molecule has 1 aliphatic rings. The molecule has 5 atom stereocenters. The summed E-state index contributed by atoms with van der Waals surface area (Å²) in [6, 6.07) is 19.6. The predicted molar refractivity (Wildman–Crippen MR) is 169 cm³/mol. The molecule has 2 aromatic rings. The number of azide groups is 1. The molecule has 2 aromatic carbocycles. The highest BCUT2D eigenvalue weighted by Gasteiger charge is 2.48. The number of ether oxygens (including phenoxy) is 6. The Bertz CT molecular complexity index is 1120. The summed E-state index contributed by atoms with van der Waals surface area (Å²) in [6.45, 7) is 13.5. The van der Waals surface area contributed by atoms with E-state index in [1.54, 1.807) is 0 Å². The fourth-order valence-electron chi connectivity index (χ4n) is 4.27. The number of hydrogen-bond donors (Lipinski definition) is 1. The van der Waals surface area contributed by atoms with E-state index in [0.29, 0.717) is 39.6 Å². The van der Waals surface area contributed by atoms with Gasteiger partial charge in [-0.15, -0.1) is 0 Å². The quantitative estimate of drug-likeness (QED) is 0.0694. The highest BCUT2D eigenvalue weighted by molar-refractivity contribution is 6.74. The van der Waals surface area contributed by atoms with Crippen LogP contribution < -0.4 is 0 Å². The van der Waals surface area contributed by atoms with Crippen LogP contribution in [0.2, 0.25) is 18.1 Å². The lowest BCUT2D eigenvalue weighted by Crippen LogP contribution is -2.61. The highest BCUT2D eigenvalue weighted by atomic mass is 28.4. The number of rotatable bonds is 19. The summed E-state index contributed by atoms with van der Waals surface area (Å²) in [6.07, 6.45) is -3.99. The average molecular weight is 632 g/mol. The van der Waals surface area contributed by atoms with E-state index in [0.717, 1.165) is 11.1 Å². The van der Waals surface area contributed by atoms with Crippen LogP contribution in [-0.4, -0.2) is 90.3 Å². The van der Waals surface area contributed by atoms with E-state index in [-0.39, 0.29) is 24.8 Å². The second kappa shape index (κ2) is 18.6. The van der Waals surface area contributed by atoms with Crippen molar-refractivity contribution in [1.29, 1.82) is 0 Å². The maximum atomic E-state index is 11.6. The second-order valence-electron chi connectivity index (χ2n) is 12.2. The predicted octanol–water partition coefficient (Wildman–Crippen LogP) is 5.62. The normalized spacial score (nSPS) is 22.5. The van der Waals surface area contributed by atoms with Crippen LogP contribution in [0.3, 0.4) is 0 Å². The van der Waals surface area contributed by atoms with E-state index in [2.05, 4.69) is 43.9 Å². The summed E-state index contributed by atoms with van der Waals surface area (Å²) >= 11 is 0. The van der Waals surface area contributed by atoms with Crippen LogP contribution in [0.5, 0.6) is 0 Å². The van der Waals surface area contributed by atoms with Gasteiger partial charge in [0.25, 0.3) is 0 Å². The number of benzene rings is 2. The van der Waals surface area contributed by atoms with Gasteiger partial charge in [-0.25, -0.2) is 0 Å². The van der Waals surface area contributed by atoms with Gasteiger partial charge in [-0.05, 0) is 34.8 Å². The minimum absolute atomic E-state index is 0.00293. The van der Waals surface area contributed by atoms with Crippen LogP contribution in [0.1, 0.15) is 31.9 Å². The van der Waals surface area contributed by atoms with Gasteiger partial charge in [0.15, 0.2) is 14.6 Å². The van der Waals surface area contributed by atoms with Crippen molar-refractivity contribution in [3.63, 3.8) is 0 Å². The Labute approximate surface area is 262 Å². The molecule has 0 spiro atoms. The monoisotopic (exact) mass is 631 g/mol. The van der Waals surface area contributed by atoms with Gasteiger partial charge in [-0.2, -0.15) is 0 Å². The van der Waals surface area contributed by atoms with Crippen LogP contribution in [-0.2, 0) is 46.1 Å². The van der Waals surface area contributed by atoms with Crippen molar-refractivity contribution in [3.8, 4) is 0 Å². The fraction of sp³-hybridized carbons (Fsp3) is 0.625. The lowest BCUT2D eigenvalue weighted by Gasteiger charge is -2.45. The van der Waals surface area contributed by atoms with Crippen molar-refractivity contribution in [2.24, 2.45) is 5.11 Å². The molecule has 11 nitrogen and oxygen atoms in total. The lowest BCUT2D eigenvalue weighted by molar-refractivity contribution is -0.320. The Balaban J connectivity index is 1.71. The van der Waals surface area contributed by atoms with Crippen molar-refractivity contribution in [3.05, 3.63) is 82.2 Å². The lowest BCUT2D eigenvalue weighted by atomic mass is 9.98. The van der Waals surface area contributed by atoms with Gasteiger partial charge in [0.2, 0.25) is 0 Å². The maximum Gasteiger partial charge on any atom is 0.192 e. The molecule has 1 heterocycles. The van der Waals surface area contributed by atoms with Gasteiger partial charge in [-0.1, -0.05) is 86.5 Å². The van der Waals surface area contributed by atoms with Gasteiger partial charge >= 0.3 is 0 Å². The largest absolute Gasteiger partial charge is 0.414 e. The minimum Gasteiger partial charge on any atom is -0.414 e. The van der Waals surface area contributed by atoms with Gasteiger partial charge in [0.1, 0.15) is 24.4 Å². The van der Waals surface area contributed by atoms with Gasteiger partial charge in [-0.3, -0.25) is 0 Å². The van der Waals surface area contributed by atoms with E-state index in [1.807, 2.05) is 60.7 Å². The molecule has 0 saturated carbocycles. The smallest absolute Gasteiger partial charge is 0.192 e. The van der Waals surface area contributed by atoms with Gasteiger partial charge < -0.3 is 38.0 Å². The van der Waals surface area contributed by atoms with Crippen molar-refractivity contribution in [2.45, 2.75) is 82.8 Å². The van der Waals surface area contributed by atoms with E-state index in [9.17, 15) is 5.11 Å². The third-order valence-electron chi connectivity index (χ3n) is 7.88. The molecule has 0 radical (unpaired) electrons. The number of nitrogens with zero attached hydrogens (tertiary/aromatic N) is 3. The number of aliphatic hydroxyl groups excluding tert-OH is 1. The third kappa shape index (κ3) is 11.9. The summed E-state index contributed by atoms with van der Waals surface area (Å²) in [5, 5.41) is 15.1. The first kappa shape index (κ1) is 36.1. The highest BCUT2D eigenvalue weighted by Crippen LogP contribution is 2.37. The number of hydrogen-bond acceptors (Lipinski definition) is 9. The van der Waals surface area contributed by atoms with E-state index < -0.39 is 39.0 Å². The van der Waals surface area contributed by atoms with E-state index in [1.165, 1.54) is 0 Å². The van der Waals surface area contributed by atoms with Crippen LogP contribution in [0.15, 0.2) is 65.8 Å². The van der Waals surface area contributed by atoms with E-state index in [4.69, 9.17) is 38.4 Å². The molecule has 3 rings (SSSR count). The molecular formula is C32H49N3O8Si. The summed E-state index contributed by atoms with van der Waals surface area (Å²) in [7, 11) is -2.12. The maximum absolute atomic E-state index is 11.6. The Hall–Kier alpha value is -2.35. The molecule has 1 saturated heterocycles. The average Bonchev–Trinajstić information content (AvgIpc) is 3.01. The fourth-order valence-corrected chi connectivity index (χ4v) is 5.28. The van der Waals surface area contributed by atoms with Gasteiger partial charge in [0, 0.05) is 11.5 Å². The topological polar surface area (TPSA) is 134 Å². The van der Waals surface area contributed by atoms with Crippen molar-refractivity contribution in [2.75, 3.05) is 46.2 Å². The molecule has 12 heteroatoms. The zero-order valence-corrected chi connectivity index (χ0v) is 27.7.